The van der Waals surface area contributed by atoms with E-state index in [1.54, 1.807) is 25.0 Å². The van der Waals surface area contributed by atoms with Crippen molar-refractivity contribution in [2.24, 2.45) is 0 Å². The van der Waals surface area contributed by atoms with Gasteiger partial charge in [0.15, 0.2) is 12.3 Å². The molecule has 0 saturated carbocycles. The highest BCUT2D eigenvalue weighted by molar-refractivity contribution is 6.14. The number of hydrogen-bond acceptors (Lipinski definition) is 3. The van der Waals surface area contributed by atoms with Crippen LogP contribution < -0.4 is 15.1 Å². The van der Waals surface area contributed by atoms with Crippen LogP contribution in [0.25, 0.3) is 0 Å². The Morgan fingerprint density at radius 1 is 1.25 bits per heavy atom. The van der Waals surface area contributed by atoms with E-state index in [4.69, 9.17) is 4.42 Å². The van der Waals surface area contributed by atoms with E-state index in [1.807, 2.05) is 43.4 Å². The second-order valence-corrected chi connectivity index (χ2v) is 6.65. The zero-order chi connectivity index (χ0) is 17.3. The van der Waals surface area contributed by atoms with E-state index in [0.717, 1.165) is 16.3 Å². The van der Waals surface area contributed by atoms with Crippen LogP contribution in [0, 0.1) is 0 Å². The first-order valence-electron chi connectivity index (χ1n) is 7.97. The fourth-order valence-electron chi connectivity index (χ4n) is 3.01. The minimum Gasteiger partial charge on any atom is -0.463 e. The summed E-state index contributed by atoms with van der Waals surface area (Å²) in [5.74, 6) is 0.556. The third kappa shape index (κ3) is 2.92. The van der Waals surface area contributed by atoms with E-state index in [9.17, 15) is 9.59 Å². The Morgan fingerprint density at radius 3 is 2.71 bits per heavy atom. The number of carbonyl (C=O) groups excluding carboxylic acids is 2. The smallest absolute Gasteiger partial charge is 0.283 e. The lowest BCUT2D eigenvalue weighted by Gasteiger charge is -2.42. The number of nitrogens with zero attached hydrogens (tertiary/aromatic N) is 1. The number of amides is 2. The Balaban J connectivity index is 1.83. The van der Waals surface area contributed by atoms with Gasteiger partial charge in [-0.15, -0.1) is 0 Å². The summed E-state index contributed by atoms with van der Waals surface area (Å²) in [6, 6.07) is 11.1. The van der Waals surface area contributed by atoms with Gasteiger partial charge in [0.05, 0.1) is 24.7 Å². The summed E-state index contributed by atoms with van der Waals surface area (Å²) in [5, 5.41) is 2.87. The zero-order valence-corrected chi connectivity index (χ0v) is 14.1. The number of anilines is 2. The van der Waals surface area contributed by atoms with Gasteiger partial charge in [0.2, 0.25) is 5.91 Å². The second kappa shape index (κ2) is 6.13. The topological polar surface area (TPSA) is 67.0 Å². The third-order valence-corrected chi connectivity index (χ3v) is 4.27. The average molecular weight is 328 g/mol. The van der Waals surface area contributed by atoms with Crippen LogP contribution in [-0.2, 0) is 16.1 Å². The molecule has 0 saturated heterocycles. The van der Waals surface area contributed by atoms with Crippen LogP contribution in [0.3, 0.4) is 0 Å². The zero-order valence-electron chi connectivity index (χ0n) is 14.1. The van der Waals surface area contributed by atoms with Crippen LogP contribution >= 0.6 is 0 Å². The maximum Gasteiger partial charge on any atom is 0.283 e. The second-order valence-electron chi connectivity index (χ2n) is 6.65. The summed E-state index contributed by atoms with van der Waals surface area (Å²) >= 11 is 0. The summed E-state index contributed by atoms with van der Waals surface area (Å²) in [6.07, 6.45) is 1.62. The van der Waals surface area contributed by atoms with Gasteiger partial charge >= 0.3 is 0 Å². The fourth-order valence-corrected chi connectivity index (χ4v) is 3.01. The van der Waals surface area contributed by atoms with Crippen molar-refractivity contribution in [2.45, 2.75) is 25.9 Å². The molecule has 3 rings (SSSR count). The molecule has 1 unspecified atom stereocenters. The van der Waals surface area contributed by atoms with Crippen LogP contribution in [0.15, 0.2) is 47.1 Å². The molecule has 2 aromatic rings. The van der Waals surface area contributed by atoms with Crippen molar-refractivity contribution in [3.05, 3.63) is 48.4 Å². The first-order chi connectivity index (χ1) is 11.4. The van der Waals surface area contributed by atoms with Gasteiger partial charge in [0, 0.05) is 0 Å². The highest BCUT2D eigenvalue weighted by Crippen LogP contribution is 2.36. The quantitative estimate of drug-likeness (QED) is 0.882. The summed E-state index contributed by atoms with van der Waals surface area (Å²) in [4.78, 5) is 28.0. The van der Waals surface area contributed by atoms with Crippen molar-refractivity contribution in [1.82, 2.24) is 0 Å². The van der Waals surface area contributed by atoms with E-state index in [2.05, 4.69) is 5.32 Å². The maximum absolute atomic E-state index is 13.0. The van der Waals surface area contributed by atoms with Crippen molar-refractivity contribution in [3.8, 4) is 0 Å². The molecule has 24 heavy (non-hydrogen) atoms. The van der Waals surface area contributed by atoms with Gasteiger partial charge in [0.1, 0.15) is 12.1 Å². The van der Waals surface area contributed by atoms with Gasteiger partial charge in [-0.25, -0.2) is 0 Å². The number of rotatable bonds is 4. The number of carbonyl (C=O) groups is 2. The lowest BCUT2D eigenvalue weighted by molar-refractivity contribution is -0.886. The molecule has 2 N–H and O–H groups in total. The van der Waals surface area contributed by atoms with Crippen LogP contribution in [0.5, 0.6) is 0 Å². The number of fused-ring (bicyclic) bond motifs is 1. The third-order valence-electron chi connectivity index (χ3n) is 4.27. The van der Waals surface area contributed by atoms with Gasteiger partial charge in [-0.2, -0.15) is 0 Å². The number of furan rings is 1. The van der Waals surface area contributed by atoms with E-state index >= 15 is 0 Å². The predicted octanol–water partition coefficient (Wildman–Crippen LogP) is 1.06. The first-order valence-corrected chi connectivity index (χ1v) is 7.97. The van der Waals surface area contributed by atoms with E-state index in [0.29, 0.717) is 12.2 Å². The van der Waals surface area contributed by atoms with Crippen LogP contribution in [-0.4, -0.2) is 30.9 Å². The molecule has 0 fully saturated rings. The van der Waals surface area contributed by atoms with Gasteiger partial charge in [-0.1, -0.05) is 12.1 Å². The van der Waals surface area contributed by atoms with E-state index in [1.165, 1.54) is 0 Å². The molecule has 126 valence electrons. The van der Waals surface area contributed by atoms with E-state index < -0.39 is 5.54 Å². The molecule has 1 atom stereocenters. The van der Waals surface area contributed by atoms with Gasteiger partial charge < -0.3 is 14.6 Å². The molecular formula is C18H22N3O3+. The molecule has 2 heterocycles. The molecule has 0 aliphatic carbocycles. The van der Waals surface area contributed by atoms with E-state index in [-0.39, 0.29) is 18.4 Å². The molecule has 6 nitrogen and oxygen atoms in total. The number of para-hydroxylation sites is 2. The minimum absolute atomic E-state index is 0.0913. The molecular weight excluding hydrogens is 306 g/mol. The van der Waals surface area contributed by atoms with Crippen molar-refractivity contribution >= 4 is 23.2 Å². The molecule has 1 aromatic carbocycles. The monoisotopic (exact) mass is 328 g/mol. The average Bonchev–Trinajstić information content (AvgIpc) is 3.00. The molecule has 6 heteroatoms. The summed E-state index contributed by atoms with van der Waals surface area (Å²) < 4.78 is 5.34. The lowest BCUT2D eigenvalue weighted by atomic mass is 9.96. The van der Waals surface area contributed by atoms with Gasteiger partial charge in [-0.05, 0) is 38.1 Å². The number of likely N-dealkylation sites (N-methyl/N-ethyl adjacent to an activating group) is 1. The molecule has 1 aliphatic heterocycles. The molecule has 1 aromatic heterocycles. The Hall–Kier alpha value is -2.60. The summed E-state index contributed by atoms with van der Waals surface area (Å²) in [5.41, 5.74) is 0.466. The molecule has 0 bridgehead atoms. The normalized spacial score (nSPS) is 17.1. The highest BCUT2D eigenvalue weighted by atomic mass is 16.3. The van der Waals surface area contributed by atoms with Crippen molar-refractivity contribution in [2.75, 3.05) is 23.8 Å². The van der Waals surface area contributed by atoms with Crippen LogP contribution in [0.1, 0.15) is 19.6 Å². The summed E-state index contributed by atoms with van der Waals surface area (Å²) in [7, 11) is 1.93. The first kappa shape index (κ1) is 16.3. The number of nitrogens with one attached hydrogen (secondary N) is 2. The van der Waals surface area contributed by atoms with Crippen LogP contribution in [0.2, 0.25) is 0 Å². The summed E-state index contributed by atoms with van der Waals surface area (Å²) in [6.45, 7) is 4.41. The predicted molar refractivity (Wildman–Crippen MR) is 90.8 cm³/mol. The van der Waals surface area contributed by atoms with Gasteiger partial charge in [-0.3, -0.25) is 14.5 Å². The molecule has 0 radical (unpaired) electrons. The largest absolute Gasteiger partial charge is 0.463 e. The SMILES string of the molecule is C[NH+](CC(=O)N1c2ccccc2NC(=O)C1(C)C)Cc1ccco1. The molecule has 0 spiro atoms. The van der Waals surface area contributed by atoms with Crippen molar-refractivity contribution < 1.29 is 18.9 Å². The lowest BCUT2D eigenvalue weighted by Crippen LogP contribution is -3.09. The maximum atomic E-state index is 13.0. The Bertz CT molecular complexity index is 753. The number of hydrogen-bond donors (Lipinski definition) is 2. The molecule has 2 amide bonds. The number of quaternary nitrogens is 1. The standard InChI is InChI=1S/C18H21N3O3/c1-18(2)17(23)19-14-8-4-5-9-15(14)21(18)16(22)12-20(3)11-13-7-6-10-24-13/h4-10H,11-12H2,1-3H3,(H,19,23)/p+1. The van der Waals surface area contributed by atoms with Crippen LogP contribution in [0.4, 0.5) is 11.4 Å². The number of benzene rings is 1. The molecule has 1 aliphatic rings. The Kier molecular flexibility index (Phi) is 4.15. The Morgan fingerprint density at radius 2 is 2.00 bits per heavy atom. The van der Waals surface area contributed by atoms with Crippen molar-refractivity contribution in [3.63, 3.8) is 0 Å². The minimum atomic E-state index is -0.934. The van der Waals surface area contributed by atoms with Crippen molar-refractivity contribution in [1.29, 1.82) is 0 Å². The highest BCUT2D eigenvalue weighted by Gasteiger charge is 2.44. The Labute approximate surface area is 141 Å². The fraction of sp³-hybridized carbons (Fsp3) is 0.333. The van der Waals surface area contributed by atoms with Gasteiger partial charge in [0.25, 0.3) is 5.91 Å².